The van der Waals surface area contributed by atoms with Gasteiger partial charge in [0.15, 0.2) is 0 Å². The van der Waals surface area contributed by atoms with Crippen molar-refractivity contribution in [3.05, 3.63) is 22.7 Å². The van der Waals surface area contributed by atoms with Gasteiger partial charge >= 0.3 is 0 Å². The topological polar surface area (TPSA) is 72.6 Å². The van der Waals surface area contributed by atoms with Gasteiger partial charge in [0.1, 0.15) is 5.75 Å². The molecule has 0 spiro atoms. The fourth-order valence-electron chi connectivity index (χ4n) is 1.93. The van der Waals surface area contributed by atoms with E-state index in [4.69, 9.17) is 10.5 Å². The molecule has 5 nitrogen and oxygen atoms in total. The number of hydrogen-bond donors (Lipinski definition) is 1. The van der Waals surface area contributed by atoms with E-state index in [1.807, 2.05) is 0 Å². The van der Waals surface area contributed by atoms with E-state index in [1.165, 1.54) is 11.4 Å². The van der Waals surface area contributed by atoms with Crippen LogP contribution in [0, 0.1) is 0 Å². The number of nitrogens with zero attached hydrogens (tertiary/aromatic N) is 1. The highest BCUT2D eigenvalue weighted by atomic mass is 79.9. The van der Waals surface area contributed by atoms with Gasteiger partial charge in [-0.3, -0.25) is 0 Å². The van der Waals surface area contributed by atoms with E-state index in [9.17, 15) is 8.42 Å². The predicted molar refractivity (Wildman–Crippen MR) is 79.3 cm³/mol. The second-order valence-electron chi connectivity index (χ2n) is 4.21. The van der Waals surface area contributed by atoms with E-state index in [2.05, 4.69) is 15.9 Å². The Morgan fingerprint density at radius 2 is 2.16 bits per heavy atom. The lowest BCUT2D eigenvalue weighted by Gasteiger charge is -2.16. The first-order valence-electron chi connectivity index (χ1n) is 5.54. The Bertz CT molecular complexity index is 553. The monoisotopic (exact) mass is 370 g/mol. The molecule has 1 atom stereocenters. The summed E-state index contributed by atoms with van der Waals surface area (Å²) in [7, 11) is -1.92. The molecule has 2 rings (SSSR count). The molecule has 0 amide bonds. The number of benzene rings is 1. The molecule has 0 bridgehead atoms. The molecular formula is C11H16BrClN2O3S. The molecule has 0 unspecified atom stereocenters. The van der Waals surface area contributed by atoms with Crippen molar-refractivity contribution >= 4 is 38.4 Å². The Kier molecular flexibility index (Phi) is 5.64. The first-order valence-corrected chi connectivity index (χ1v) is 7.77. The molecule has 8 heteroatoms. The van der Waals surface area contributed by atoms with Gasteiger partial charge in [0.2, 0.25) is 10.0 Å². The Labute approximate surface area is 127 Å². The Morgan fingerprint density at radius 3 is 2.63 bits per heavy atom. The molecule has 1 aromatic rings. The van der Waals surface area contributed by atoms with Crippen LogP contribution in [0.2, 0.25) is 0 Å². The van der Waals surface area contributed by atoms with Crippen LogP contribution in [0.1, 0.15) is 6.42 Å². The molecule has 0 radical (unpaired) electrons. The third kappa shape index (κ3) is 3.41. The maximum atomic E-state index is 12.3. The molecule has 1 aromatic carbocycles. The van der Waals surface area contributed by atoms with Crippen LogP contribution in [0.15, 0.2) is 27.6 Å². The molecule has 1 heterocycles. The van der Waals surface area contributed by atoms with E-state index >= 15 is 0 Å². The lowest BCUT2D eigenvalue weighted by Crippen LogP contribution is -2.31. The van der Waals surface area contributed by atoms with E-state index in [0.29, 0.717) is 29.7 Å². The number of ether oxygens (including phenoxy) is 1. The summed E-state index contributed by atoms with van der Waals surface area (Å²) in [5.74, 6) is 0.604. The molecule has 1 aliphatic heterocycles. The molecule has 1 aliphatic rings. The van der Waals surface area contributed by atoms with Gasteiger partial charge in [0.05, 0.1) is 16.5 Å². The molecule has 0 aromatic heterocycles. The van der Waals surface area contributed by atoms with Crippen LogP contribution in [0.3, 0.4) is 0 Å². The molecule has 19 heavy (non-hydrogen) atoms. The molecule has 1 fully saturated rings. The highest BCUT2D eigenvalue weighted by Crippen LogP contribution is 2.29. The van der Waals surface area contributed by atoms with Crippen LogP contribution in [-0.2, 0) is 10.0 Å². The van der Waals surface area contributed by atoms with Gasteiger partial charge in [-0.05, 0) is 40.5 Å². The average Bonchev–Trinajstić information content (AvgIpc) is 2.76. The number of halogens is 2. The summed E-state index contributed by atoms with van der Waals surface area (Å²) in [5, 5.41) is 0. The maximum absolute atomic E-state index is 12.3. The van der Waals surface area contributed by atoms with Gasteiger partial charge in [-0.1, -0.05) is 0 Å². The fraction of sp³-hybridized carbons (Fsp3) is 0.455. The van der Waals surface area contributed by atoms with Gasteiger partial charge in [0.25, 0.3) is 0 Å². The average molecular weight is 372 g/mol. The number of sulfonamides is 1. The van der Waals surface area contributed by atoms with Gasteiger partial charge in [-0.25, -0.2) is 8.42 Å². The standard InChI is InChI=1S/C11H15BrN2O3S.ClH/c1-17-11-3-2-9(6-10(11)12)18(15,16)14-5-4-8(13)7-14;/h2-3,6,8H,4-5,7,13H2,1H3;1H/t8-;/m1./s1. The highest BCUT2D eigenvalue weighted by Gasteiger charge is 2.31. The first kappa shape index (κ1) is 16.7. The number of methoxy groups -OCH3 is 1. The first-order chi connectivity index (χ1) is 8.45. The molecule has 0 saturated carbocycles. The van der Waals surface area contributed by atoms with Crippen molar-refractivity contribution in [2.75, 3.05) is 20.2 Å². The number of hydrogen-bond acceptors (Lipinski definition) is 4. The zero-order valence-corrected chi connectivity index (χ0v) is 13.6. The lowest BCUT2D eigenvalue weighted by atomic mass is 10.3. The van der Waals surface area contributed by atoms with E-state index in [0.717, 1.165) is 0 Å². The van der Waals surface area contributed by atoms with Crippen LogP contribution < -0.4 is 10.5 Å². The SMILES string of the molecule is COc1ccc(S(=O)(=O)N2CC[C@@H](N)C2)cc1Br.Cl. The zero-order chi connectivity index (χ0) is 13.3. The molecule has 2 N–H and O–H groups in total. The van der Waals surface area contributed by atoms with Crippen molar-refractivity contribution in [2.45, 2.75) is 17.4 Å². The van der Waals surface area contributed by atoms with Gasteiger partial charge in [-0.2, -0.15) is 4.31 Å². The minimum Gasteiger partial charge on any atom is -0.496 e. The third-order valence-electron chi connectivity index (χ3n) is 2.95. The summed E-state index contributed by atoms with van der Waals surface area (Å²) in [6.07, 6.45) is 0.705. The largest absolute Gasteiger partial charge is 0.496 e. The summed E-state index contributed by atoms with van der Waals surface area (Å²) in [6.45, 7) is 0.860. The highest BCUT2D eigenvalue weighted by molar-refractivity contribution is 9.10. The van der Waals surface area contributed by atoms with E-state index in [-0.39, 0.29) is 23.3 Å². The second kappa shape index (κ2) is 6.41. The Hall–Kier alpha value is -0.340. The van der Waals surface area contributed by atoms with Crippen LogP contribution in [-0.4, -0.2) is 39.0 Å². The van der Waals surface area contributed by atoms with Crippen molar-refractivity contribution < 1.29 is 13.2 Å². The Morgan fingerprint density at radius 1 is 1.47 bits per heavy atom. The Balaban J connectivity index is 0.00000180. The van der Waals surface area contributed by atoms with Crippen molar-refractivity contribution in [1.29, 1.82) is 0 Å². The molecule has 108 valence electrons. The summed E-state index contributed by atoms with van der Waals surface area (Å²) in [6, 6.07) is 4.66. The number of rotatable bonds is 3. The van der Waals surface area contributed by atoms with Crippen molar-refractivity contribution in [1.82, 2.24) is 4.31 Å². The van der Waals surface area contributed by atoms with Gasteiger partial charge < -0.3 is 10.5 Å². The lowest BCUT2D eigenvalue weighted by molar-refractivity contribution is 0.411. The summed E-state index contributed by atoms with van der Waals surface area (Å²) < 4.78 is 31.8. The van der Waals surface area contributed by atoms with Crippen molar-refractivity contribution in [2.24, 2.45) is 5.73 Å². The van der Waals surface area contributed by atoms with Gasteiger partial charge in [0, 0.05) is 19.1 Å². The van der Waals surface area contributed by atoms with E-state index in [1.54, 1.807) is 18.2 Å². The minimum atomic E-state index is -3.45. The molecule has 0 aliphatic carbocycles. The summed E-state index contributed by atoms with van der Waals surface area (Å²) in [4.78, 5) is 0.254. The summed E-state index contributed by atoms with van der Waals surface area (Å²) in [5.41, 5.74) is 5.74. The quantitative estimate of drug-likeness (QED) is 0.876. The fourth-order valence-corrected chi connectivity index (χ4v) is 4.16. The minimum absolute atomic E-state index is 0. The maximum Gasteiger partial charge on any atom is 0.243 e. The zero-order valence-electron chi connectivity index (χ0n) is 10.4. The van der Waals surface area contributed by atoms with Gasteiger partial charge in [-0.15, -0.1) is 12.4 Å². The number of nitrogens with two attached hydrogens (primary N) is 1. The normalized spacial score (nSPS) is 20.1. The molecular weight excluding hydrogens is 356 g/mol. The van der Waals surface area contributed by atoms with Crippen molar-refractivity contribution in [3.63, 3.8) is 0 Å². The van der Waals surface area contributed by atoms with Crippen LogP contribution in [0.25, 0.3) is 0 Å². The van der Waals surface area contributed by atoms with Crippen molar-refractivity contribution in [3.8, 4) is 5.75 Å². The summed E-state index contributed by atoms with van der Waals surface area (Å²) >= 11 is 3.29. The van der Waals surface area contributed by atoms with Crippen LogP contribution >= 0.6 is 28.3 Å². The molecule has 1 saturated heterocycles. The smallest absolute Gasteiger partial charge is 0.243 e. The predicted octanol–water partition coefficient (Wildman–Crippen LogP) is 1.60. The van der Waals surface area contributed by atoms with Crippen LogP contribution in [0.4, 0.5) is 0 Å². The third-order valence-corrected chi connectivity index (χ3v) is 5.43. The van der Waals surface area contributed by atoms with E-state index < -0.39 is 10.0 Å². The van der Waals surface area contributed by atoms with Crippen LogP contribution in [0.5, 0.6) is 5.75 Å². The second-order valence-corrected chi connectivity index (χ2v) is 7.00.